The van der Waals surface area contributed by atoms with Gasteiger partial charge in [0.15, 0.2) is 0 Å². The molecule has 0 aliphatic rings. The molecule has 2 rings (SSSR count). The summed E-state index contributed by atoms with van der Waals surface area (Å²) in [5.41, 5.74) is 2.35. The maximum atomic E-state index is 4.65. The van der Waals surface area contributed by atoms with Gasteiger partial charge in [-0.3, -0.25) is 0 Å². The predicted molar refractivity (Wildman–Crippen MR) is 67.7 cm³/mol. The van der Waals surface area contributed by atoms with Crippen LogP contribution in [0.5, 0.6) is 0 Å². The largest absolute Gasteiger partial charge is 0.327 e. The molecule has 0 saturated carbocycles. The molecule has 0 radical (unpaired) electrons. The maximum absolute atomic E-state index is 4.65. The van der Waals surface area contributed by atoms with Crippen molar-refractivity contribution in [2.45, 2.75) is 26.8 Å². The lowest BCUT2D eigenvalue weighted by atomic mass is 10.3. The van der Waals surface area contributed by atoms with Gasteiger partial charge in [-0.1, -0.05) is 26.0 Å². The fourth-order valence-electron chi connectivity index (χ4n) is 2.01. The summed E-state index contributed by atoms with van der Waals surface area (Å²) in [5, 5.41) is 3.35. The Bertz CT molecular complexity index is 459. The van der Waals surface area contributed by atoms with Crippen molar-refractivity contribution in [3.63, 3.8) is 0 Å². The summed E-state index contributed by atoms with van der Waals surface area (Å²) < 4.78 is 2.32. The van der Waals surface area contributed by atoms with Crippen molar-refractivity contribution in [2.24, 2.45) is 0 Å². The van der Waals surface area contributed by atoms with Gasteiger partial charge in [-0.2, -0.15) is 0 Å². The van der Waals surface area contributed by atoms with Gasteiger partial charge in [0.05, 0.1) is 11.0 Å². The molecular formula is C13H19N3. The highest BCUT2D eigenvalue weighted by Gasteiger charge is 2.07. The van der Waals surface area contributed by atoms with Gasteiger partial charge < -0.3 is 9.88 Å². The van der Waals surface area contributed by atoms with Gasteiger partial charge in [0, 0.05) is 19.5 Å². The number of nitrogens with zero attached hydrogens (tertiary/aromatic N) is 2. The predicted octanol–water partition coefficient (Wildman–Crippen LogP) is 2.21. The molecule has 0 atom stereocenters. The van der Waals surface area contributed by atoms with Crippen LogP contribution in [0, 0.1) is 0 Å². The number of para-hydroxylation sites is 2. The van der Waals surface area contributed by atoms with Crippen molar-refractivity contribution in [2.75, 3.05) is 13.1 Å². The fraction of sp³-hybridized carbons (Fsp3) is 0.462. The quantitative estimate of drug-likeness (QED) is 0.778. The second kappa shape index (κ2) is 5.12. The van der Waals surface area contributed by atoms with E-state index < -0.39 is 0 Å². The van der Waals surface area contributed by atoms with Crippen LogP contribution < -0.4 is 5.32 Å². The molecular weight excluding hydrogens is 198 g/mol. The Hall–Kier alpha value is -1.35. The Morgan fingerprint density at radius 1 is 1.25 bits per heavy atom. The molecule has 0 amide bonds. The molecule has 0 fully saturated rings. The van der Waals surface area contributed by atoms with Crippen molar-refractivity contribution in [3.8, 4) is 0 Å². The van der Waals surface area contributed by atoms with E-state index in [1.165, 1.54) is 11.3 Å². The highest BCUT2D eigenvalue weighted by molar-refractivity contribution is 5.75. The number of hydrogen-bond donors (Lipinski definition) is 1. The first kappa shape index (κ1) is 11.1. The van der Waals surface area contributed by atoms with Crippen LogP contribution in [0.15, 0.2) is 24.3 Å². The van der Waals surface area contributed by atoms with Crippen LogP contribution in [0.1, 0.15) is 19.7 Å². The molecule has 1 heterocycles. The number of hydrogen-bond acceptors (Lipinski definition) is 2. The van der Waals surface area contributed by atoms with E-state index in [0.717, 1.165) is 31.6 Å². The average molecular weight is 217 g/mol. The van der Waals surface area contributed by atoms with Gasteiger partial charge in [-0.05, 0) is 18.7 Å². The summed E-state index contributed by atoms with van der Waals surface area (Å²) in [6.45, 7) is 7.31. The molecule has 1 aromatic heterocycles. The van der Waals surface area contributed by atoms with Crippen LogP contribution in [0.2, 0.25) is 0 Å². The Morgan fingerprint density at radius 3 is 2.81 bits per heavy atom. The van der Waals surface area contributed by atoms with E-state index in [-0.39, 0.29) is 0 Å². The van der Waals surface area contributed by atoms with Gasteiger partial charge in [0.25, 0.3) is 0 Å². The lowest BCUT2D eigenvalue weighted by Gasteiger charge is -2.08. The number of imidazole rings is 1. The minimum absolute atomic E-state index is 0.987. The molecule has 0 saturated heterocycles. The fourth-order valence-corrected chi connectivity index (χ4v) is 2.01. The van der Waals surface area contributed by atoms with Crippen molar-refractivity contribution in [1.29, 1.82) is 0 Å². The number of aryl methyl sites for hydroxylation is 1. The van der Waals surface area contributed by atoms with E-state index in [1.807, 2.05) is 6.07 Å². The second-order valence-corrected chi connectivity index (χ2v) is 3.88. The standard InChI is InChI=1S/C13H19N3/c1-3-13-15-11-7-5-6-8-12(11)16(13)10-9-14-4-2/h5-8,14H,3-4,9-10H2,1-2H3. The number of nitrogens with one attached hydrogen (secondary N) is 1. The number of rotatable bonds is 5. The third-order valence-corrected chi connectivity index (χ3v) is 2.81. The van der Waals surface area contributed by atoms with Crippen LogP contribution in [-0.4, -0.2) is 22.6 Å². The summed E-state index contributed by atoms with van der Waals surface area (Å²) in [4.78, 5) is 4.65. The molecule has 1 N–H and O–H groups in total. The first-order valence-electron chi connectivity index (χ1n) is 6.01. The monoisotopic (exact) mass is 217 g/mol. The zero-order valence-electron chi connectivity index (χ0n) is 10.0. The highest BCUT2D eigenvalue weighted by atomic mass is 15.1. The van der Waals surface area contributed by atoms with Crippen molar-refractivity contribution in [1.82, 2.24) is 14.9 Å². The summed E-state index contributed by atoms with van der Waals surface area (Å²) in [7, 11) is 0. The highest BCUT2D eigenvalue weighted by Crippen LogP contribution is 2.15. The average Bonchev–Trinajstić information content (AvgIpc) is 2.68. The molecule has 0 aliphatic carbocycles. The molecule has 0 aliphatic heterocycles. The Balaban J connectivity index is 2.32. The SMILES string of the molecule is CCNCCn1c(CC)nc2ccccc21. The molecule has 1 aromatic carbocycles. The van der Waals surface area contributed by atoms with Crippen LogP contribution in [-0.2, 0) is 13.0 Å². The Labute approximate surface area is 96.5 Å². The first-order valence-corrected chi connectivity index (χ1v) is 6.01. The molecule has 0 spiro atoms. The second-order valence-electron chi connectivity index (χ2n) is 3.88. The normalized spacial score (nSPS) is 11.1. The third-order valence-electron chi connectivity index (χ3n) is 2.81. The topological polar surface area (TPSA) is 29.9 Å². The zero-order chi connectivity index (χ0) is 11.4. The van der Waals surface area contributed by atoms with E-state index in [1.54, 1.807) is 0 Å². The molecule has 0 bridgehead atoms. The number of benzene rings is 1. The van der Waals surface area contributed by atoms with Crippen LogP contribution in [0.25, 0.3) is 11.0 Å². The summed E-state index contributed by atoms with van der Waals surface area (Å²) >= 11 is 0. The first-order chi connectivity index (χ1) is 7.86. The van der Waals surface area contributed by atoms with E-state index >= 15 is 0 Å². The molecule has 16 heavy (non-hydrogen) atoms. The molecule has 3 heteroatoms. The smallest absolute Gasteiger partial charge is 0.109 e. The maximum Gasteiger partial charge on any atom is 0.109 e. The number of fused-ring (bicyclic) bond motifs is 1. The van der Waals surface area contributed by atoms with E-state index in [0.29, 0.717) is 0 Å². The molecule has 2 aromatic rings. The minimum Gasteiger partial charge on any atom is -0.327 e. The summed E-state index contributed by atoms with van der Waals surface area (Å²) in [5.74, 6) is 1.18. The number of aromatic nitrogens is 2. The van der Waals surface area contributed by atoms with Crippen molar-refractivity contribution in [3.05, 3.63) is 30.1 Å². The van der Waals surface area contributed by atoms with Gasteiger partial charge in [-0.25, -0.2) is 4.98 Å². The Morgan fingerprint density at radius 2 is 2.06 bits per heavy atom. The van der Waals surface area contributed by atoms with Crippen LogP contribution in [0.3, 0.4) is 0 Å². The zero-order valence-corrected chi connectivity index (χ0v) is 10.0. The summed E-state index contributed by atoms with van der Waals surface area (Å²) in [6.07, 6.45) is 0.987. The van der Waals surface area contributed by atoms with E-state index in [9.17, 15) is 0 Å². The van der Waals surface area contributed by atoms with Crippen LogP contribution in [0.4, 0.5) is 0 Å². The van der Waals surface area contributed by atoms with E-state index in [2.05, 4.69) is 46.9 Å². The van der Waals surface area contributed by atoms with Crippen LogP contribution >= 0.6 is 0 Å². The summed E-state index contributed by atoms with van der Waals surface area (Å²) in [6, 6.07) is 8.35. The lowest BCUT2D eigenvalue weighted by Crippen LogP contribution is -2.20. The lowest BCUT2D eigenvalue weighted by molar-refractivity contribution is 0.605. The van der Waals surface area contributed by atoms with Crippen molar-refractivity contribution >= 4 is 11.0 Å². The minimum atomic E-state index is 0.987. The molecule has 0 unspecified atom stereocenters. The van der Waals surface area contributed by atoms with Gasteiger partial charge in [0.1, 0.15) is 5.82 Å². The Kier molecular flexibility index (Phi) is 3.57. The third kappa shape index (κ3) is 2.09. The number of likely N-dealkylation sites (N-methyl/N-ethyl adjacent to an activating group) is 1. The van der Waals surface area contributed by atoms with E-state index in [4.69, 9.17) is 0 Å². The molecule has 86 valence electrons. The van der Waals surface area contributed by atoms with Gasteiger partial charge in [0.2, 0.25) is 0 Å². The van der Waals surface area contributed by atoms with Crippen molar-refractivity contribution < 1.29 is 0 Å². The van der Waals surface area contributed by atoms with Gasteiger partial charge >= 0.3 is 0 Å². The molecule has 3 nitrogen and oxygen atoms in total. The van der Waals surface area contributed by atoms with Gasteiger partial charge in [-0.15, -0.1) is 0 Å².